The van der Waals surface area contributed by atoms with Gasteiger partial charge in [-0.3, -0.25) is 9.20 Å². The Labute approximate surface area is 127 Å². The predicted octanol–water partition coefficient (Wildman–Crippen LogP) is 4.03. The molecule has 2 heterocycles. The Morgan fingerprint density at radius 2 is 1.73 bits per heavy atom. The van der Waals surface area contributed by atoms with E-state index in [9.17, 15) is 18.0 Å². The lowest BCUT2D eigenvalue weighted by molar-refractivity contribution is -0.138. The Balaban J connectivity index is 2.46. The van der Waals surface area contributed by atoms with Gasteiger partial charge in [0.25, 0.3) is 5.56 Å². The number of alkyl halides is 3. The summed E-state index contributed by atoms with van der Waals surface area (Å²) in [7, 11) is 0. The van der Waals surface area contributed by atoms with Gasteiger partial charge in [-0.1, -0.05) is 41.9 Å². The molecule has 0 aliphatic heterocycles. The summed E-state index contributed by atoms with van der Waals surface area (Å²) in [4.78, 5) is 16.3. The van der Waals surface area contributed by atoms with Crippen LogP contribution in [0.25, 0.3) is 16.9 Å². The highest BCUT2D eigenvalue weighted by atomic mass is 35.5. The van der Waals surface area contributed by atoms with Crippen molar-refractivity contribution in [2.45, 2.75) is 6.18 Å². The average Bonchev–Trinajstić information content (AvgIpc) is 2.47. The van der Waals surface area contributed by atoms with Crippen LogP contribution in [0.5, 0.6) is 0 Å². The molecule has 1 aromatic carbocycles. The van der Waals surface area contributed by atoms with Crippen LogP contribution >= 0.6 is 11.6 Å². The van der Waals surface area contributed by atoms with Gasteiger partial charge >= 0.3 is 6.18 Å². The zero-order chi connectivity index (χ0) is 15.9. The van der Waals surface area contributed by atoms with Crippen molar-refractivity contribution in [2.24, 2.45) is 0 Å². The number of benzene rings is 1. The van der Waals surface area contributed by atoms with Gasteiger partial charge in [0, 0.05) is 11.8 Å². The van der Waals surface area contributed by atoms with E-state index in [1.54, 1.807) is 18.2 Å². The van der Waals surface area contributed by atoms with Crippen molar-refractivity contribution in [3.8, 4) is 11.3 Å². The molecular formula is C15H8ClF3N2O. The molecule has 0 saturated carbocycles. The zero-order valence-electron chi connectivity index (χ0n) is 10.9. The Bertz CT molecular complexity index is 904. The molecule has 0 spiro atoms. The SMILES string of the molecule is O=c1c(C(F)(F)F)c(-c2ccccc2)nc2ccc(Cl)cn12. The summed E-state index contributed by atoms with van der Waals surface area (Å²) >= 11 is 5.75. The normalized spacial score (nSPS) is 11.8. The summed E-state index contributed by atoms with van der Waals surface area (Å²) in [5, 5.41) is 0.150. The van der Waals surface area contributed by atoms with Crippen LogP contribution in [0.4, 0.5) is 13.2 Å². The highest BCUT2D eigenvalue weighted by Crippen LogP contribution is 2.33. The highest BCUT2D eigenvalue weighted by molar-refractivity contribution is 6.30. The fourth-order valence-corrected chi connectivity index (χ4v) is 2.33. The third kappa shape index (κ3) is 2.46. The Morgan fingerprint density at radius 1 is 1.05 bits per heavy atom. The molecule has 0 bridgehead atoms. The van der Waals surface area contributed by atoms with Gasteiger partial charge in [0.2, 0.25) is 0 Å². The lowest BCUT2D eigenvalue weighted by Gasteiger charge is -2.13. The molecule has 22 heavy (non-hydrogen) atoms. The first-order valence-electron chi connectivity index (χ1n) is 6.22. The Hall–Kier alpha value is -2.34. The molecule has 0 radical (unpaired) electrons. The van der Waals surface area contributed by atoms with E-state index in [0.29, 0.717) is 0 Å². The molecule has 0 atom stereocenters. The number of hydrogen-bond acceptors (Lipinski definition) is 2. The topological polar surface area (TPSA) is 34.4 Å². The minimum Gasteiger partial charge on any atom is -0.268 e. The third-order valence-corrected chi connectivity index (χ3v) is 3.34. The van der Waals surface area contributed by atoms with E-state index >= 15 is 0 Å². The van der Waals surface area contributed by atoms with Crippen LogP contribution in [0.2, 0.25) is 5.02 Å². The van der Waals surface area contributed by atoms with Gasteiger partial charge in [-0.05, 0) is 12.1 Å². The van der Waals surface area contributed by atoms with E-state index in [0.717, 1.165) is 10.6 Å². The monoisotopic (exact) mass is 324 g/mol. The van der Waals surface area contributed by atoms with Gasteiger partial charge < -0.3 is 0 Å². The summed E-state index contributed by atoms with van der Waals surface area (Å²) in [6.07, 6.45) is -3.70. The van der Waals surface area contributed by atoms with Crippen LogP contribution in [0.15, 0.2) is 53.5 Å². The van der Waals surface area contributed by atoms with Crippen molar-refractivity contribution in [1.82, 2.24) is 9.38 Å². The third-order valence-electron chi connectivity index (χ3n) is 3.12. The fraction of sp³-hybridized carbons (Fsp3) is 0.0667. The first-order chi connectivity index (χ1) is 10.4. The second-order valence-electron chi connectivity index (χ2n) is 4.58. The van der Waals surface area contributed by atoms with Crippen molar-refractivity contribution in [2.75, 3.05) is 0 Å². The highest BCUT2D eigenvalue weighted by Gasteiger charge is 2.38. The van der Waals surface area contributed by atoms with E-state index in [2.05, 4.69) is 4.98 Å². The van der Waals surface area contributed by atoms with Crippen molar-refractivity contribution in [1.29, 1.82) is 0 Å². The van der Waals surface area contributed by atoms with Gasteiger partial charge in [-0.2, -0.15) is 13.2 Å². The Morgan fingerprint density at radius 3 is 2.36 bits per heavy atom. The lowest BCUT2D eigenvalue weighted by atomic mass is 10.1. The maximum Gasteiger partial charge on any atom is 0.423 e. The zero-order valence-corrected chi connectivity index (χ0v) is 11.7. The molecule has 112 valence electrons. The van der Waals surface area contributed by atoms with Crippen molar-refractivity contribution in [3.05, 3.63) is 69.6 Å². The number of hydrogen-bond donors (Lipinski definition) is 0. The summed E-state index contributed by atoms with van der Waals surface area (Å²) in [5.74, 6) is 0. The molecule has 3 aromatic rings. The largest absolute Gasteiger partial charge is 0.423 e. The van der Waals surface area contributed by atoms with Gasteiger partial charge in [0.05, 0.1) is 10.7 Å². The number of aromatic nitrogens is 2. The number of nitrogens with zero attached hydrogens (tertiary/aromatic N) is 2. The van der Waals surface area contributed by atoms with Crippen LogP contribution in [-0.4, -0.2) is 9.38 Å². The average molecular weight is 325 g/mol. The maximum absolute atomic E-state index is 13.3. The number of halogens is 4. The van der Waals surface area contributed by atoms with Crippen molar-refractivity contribution in [3.63, 3.8) is 0 Å². The molecule has 0 aliphatic carbocycles. The van der Waals surface area contributed by atoms with Gasteiger partial charge in [-0.15, -0.1) is 0 Å². The van der Waals surface area contributed by atoms with Crippen molar-refractivity contribution >= 4 is 17.2 Å². The molecule has 3 nitrogen and oxygen atoms in total. The molecular weight excluding hydrogens is 317 g/mol. The molecule has 3 rings (SSSR count). The maximum atomic E-state index is 13.3. The molecule has 0 amide bonds. The standard InChI is InChI=1S/C15H8ClF3N2O/c16-10-6-7-11-20-13(9-4-2-1-3-5-9)12(15(17,18)19)14(22)21(11)8-10/h1-8H. The number of pyridine rings is 1. The van der Waals surface area contributed by atoms with Crippen LogP contribution in [-0.2, 0) is 6.18 Å². The number of rotatable bonds is 1. The first-order valence-corrected chi connectivity index (χ1v) is 6.60. The molecule has 0 N–H and O–H groups in total. The summed E-state index contributed by atoms with van der Waals surface area (Å²) < 4.78 is 40.8. The second-order valence-corrected chi connectivity index (χ2v) is 5.02. The van der Waals surface area contributed by atoms with Crippen LogP contribution in [0.1, 0.15) is 5.56 Å². The quantitative estimate of drug-likeness (QED) is 0.677. The fourth-order valence-electron chi connectivity index (χ4n) is 2.17. The molecule has 7 heteroatoms. The van der Waals surface area contributed by atoms with E-state index < -0.39 is 17.3 Å². The summed E-state index contributed by atoms with van der Waals surface area (Å²) in [6, 6.07) is 10.7. The smallest absolute Gasteiger partial charge is 0.268 e. The van der Waals surface area contributed by atoms with Crippen LogP contribution in [0.3, 0.4) is 0 Å². The van der Waals surface area contributed by atoms with Crippen LogP contribution in [0, 0.1) is 0 Å². The second kappa shape index (κ2) is 5.14. The molecule has 0 aliphatic rings. The minimum atomic E-state index is -4.82. The molecule has 0 unspecified atom stereocenters. The summed E-state index contributed by atoms with van der Waals surface area (Å²) in [6.45, 7) is 0. The van der Waals surface area contributed by atoms with Gasteiger partial charge in [0.15, 0.2) is 0 Å². The van der Waals surface area contributed by atoms with Gasteiger partial charge in [0.1, 0.15) is 11.2 Å². The van der Waals surface area contributed by atoms with E-state index in [1.807, 2.05) is 0 Å². The Kier molecular flexibility index (Phi) is 3.41. The van der Waals surface area contributed by atoms with E-state index in [-0.39, 0.29) is 21.9 Å². The molecule has 0 fully saturated rings. The first kappa shape index (κ1) is 14.6. The number of fused-ring (bicyclic) bond motifs is 1. The van der Waals surface area contributed by atoms with Gasteiger partial charge in [-0.25, -0.2) is 4.98 Å². The van der Waals surface area contributed by atoms with Crippen molar-refractivity contribution < 1.29 is 13.2 Å². The van der Waals surface area contributed by atoms with E-state index in [1.165, 1.54) is 24.3 Å². The predicted molar refractivity (Wildman–Crippen MR) is 76.9 cm³/mol. The molecule has 2 aromatic heterocycles. The molecule has 0 saturated heterocycles. The summed E-state index contributed by atoms with van der Waals surface area (Å²) in [5.41, 5.74) is -2.57. The minimum absolute atomic E-state index is 0.0984. The van der Waals surface area contributed by atoms with Crippen LogP contribution < -0.4 is 5.56 Å². The van der Waals surface area contributed by atoms with E-state index in [4.69, 9.17) is 11.6 Å². The lowest BCUT2D eigenvalue weighted by Crippen LogP contribution is -2.27.